The number of benzene rings is 2. The first-order chi connectivity index (χ1) is 9.54. The van der Waals surface area contributed by atoms with Crippen LogP contribution < -0.4 is 10.6 Å². The van der Waals surface area contributed by atoms with E-state index in [4.69, 9.17) is 0 Å². The lowest BCUT2D eigenvalue weighted by molar-refractivity contribution is -0.114. The van der Waals surface area contributed by atoms with E-state index in [0.29, 0.717) is 0 Å². The van der Waals surface area contributed by atoms with Crippen LogP contribution in [0.25, 0.3) is 0 Å². The van der Waals surface area contributed by atoms with Gasteiger partial charge in [-0.3, -0.25) is 4.79 Å². The second-order valence-corrected chi connectivity index (χ2v) is 6.20. The molecule has 3 nitrogen and oxygen atoms in total. The first kappa shape index (κ1) is 15.1. The first-order valence-corrected chi connectivity index (χ1v) is 7.68. The lowest BCUT2D eigenvalue weighted by atomic mass is 10.2. The third kappa shape index (κ3) is 4.35. The predicted molar refractivity (Wildman–Crippen MR) is 90.1 cm³/mol. The lowest BCUT2D eigenvalue weighted by Crippen LogP contribution is -2.22. The summed E-state index contributed by atoms with van der Waals surface area (Å²) >= 11 is 6.79. The molecule has 1 amide bonds. The molecular formula is C15H14Br2N2O. The van der Waals surface area contributed by atoms with Crippen LogP contribution in [0.5, 0.6) is 0 Å². The average Bonchev–Trinajstić information content (AvgIpc) is 2.37. The molecule has 0 radical (unpaired) electrons. The number of hydrogen-bond donors (Lipinski definition) is 2. The van der Waals surface area contributed by atoms with Crippen molar-refractivity contribution in [2.24, 2.45) is 0 Å². The largest absolute Gasteiger partial charge is 0.376 e. The van der Waals surface area contributed by atoms with E-state index in [1.165, 1.54) is 0 Å². The normalized spacial score (nSPS) is 10.2. The van der Waals surface area contributed by atoms with Gasteiger partial charge in [-0.25, -0.2) is 0 Å². The molecule has 5 heteroatoms. The Morgan fingerprint density at radius 1 is 1.10 bits per heavy atom. The monoisotopic (exact) mass is 396 g/mol. The second-order valence-electron chi connectivity index (χ2n) is 4.37. The van der Waals surface area contributed by atoms with Crippen molar-refractivity contribution < 1.29 is 4.79 Å². The molecule has 2 aromatic rings. The summed E-state index contributed by atoms with van der Waals surface area (Å²) in [4.78, 5) is 11.9. The van der Waals surface area contributed by atoms with Crippen molar-refractivity contribution in [3.05, 3.63) is 57.0 Å². The molecule has 2 N–H and O–H groups in total. The van der Waals surface area contributed by atoms with Crippen LogP contribution in [0.1, 0.15) is 5.56 Å². The van der Waals surface area contributed by atoms with Crippen molar-refractivity contribution in [3.8, 4) is 0 Å². The fourth-order valence-electron chi connectivity index (χ4n) is 1.77. The number of anilines is 2. The van der Waals surface area contributed by atoms with E-state index in [9.17, 15) is 4.79 Å². The smallest absolute Gasteiger partial charge is 0.243 e. The summed E-state index contributed by atoms with van der Waals surface area (Å²) in [5, 5.41) is 5.97. The van der Waals surface area contributed by atoms with Gasteiger partial charge in [0.15, 0.2) is 0 Å². The van der Waals surface area contributed by atoms with Crippen LogP contribution in [0, 0.1) is 6.92 Å². The number of aryl methyl sites for hydroxylation is 1. The van der Waals surface area contributed by atoms with Crippen LogP contribution in [-0.2, 0) is 4.79 Å². The zero-order valence-corrected chi connectivity index (χ0v) is 14.1. The van der Waals surface area contributed by atoms with Gasteiger partial charge in [0.05, 0.1) is 6.54 Å². The number of hydrogen-bond acceptors (Lipinski definition) is 2. The van der Waals surface area contributed by atoms with Crippen LogP contribution >= 0.6 is 31.9 Å². The van der Waals surface area contributed by atoms with Gasteiger partial charge in [-0.1, -0.05) is 37.9 Å². The highest BCUT2D eigenvalue weighted by molar-refractivity contribution is 9.10. The highest BCUT2D eigenvalue weighted by atomic mass is 79.9. The van der Waals surface area contributed by atoms with Gasteiger partial charge in [-0.15, -0.1) is 0 Å². The van der Waals surface area contributed by atoms with Gasteiger partial charge < -0.3 is 10.6 Å². The van der Waals surface area contributed by atoms with Crippen LogP contribution in [0.3, 0.4) is 0 Å². The molecule has 0 unspecified atom stereocenters. The second kappa shape index (κ2) is 6.90. The maximum atomic E-state index is 11.9. The van der Waals surface area contributed by atoms with Gasteiger partial charge in [0.1, 0.15) is 0 Å². The van der Waals surface area contributed by atoms with Gasteiger partial charge in [-0.2, -0.15) is 0 Å². The van der Waals surface area contributed by atoms with Gasteiger partial charge in [0.2, 0.25) is 5.91 Å². The summed E-state index contributed by atoms with van der Waals surface area (Å²) < 4.78 is 1.96. The maximum Gasteiger partial charge on any atom is 0.243 e. The van der Waals surface area contributed by atoms with E-state index in [1.807, 2.05) is 49.4 Å². The van der Waals surface area contributed by atoms with Crippen LogP contribution in [0.4, 0.5) is 11.4 Å². The van der Waals surface area contributed by atoms with Crippen molar-refractivity contribution in [2.75, 3.05) is 17.2 Å². The Balaban J connectivity index is 1.92. The summed E-state index contributed by atoms with van der Waals surface area (Å²) in [5.74, 6) is -0.0783. The standard InChI is InChI=1S/C15H14Br2N2O/c1-10-7-12(17)5-6-14(10)18-9-15(20)19-13-4-2-3-11(16)8-13/h2-8,18H,9H2,1H3,(H,19,20). The summed E-state index contributed by atoms with van der Waals surface area (Å²) in [7, 11) is 0. The Bertz CT molecular complexity index is 629. The summed E-state index contributed by atoms with van der Waals surface area (Å²) in [5.41, 5.74) is 2.82. The zero-order chi connectivity index (χ0) is 14.5. The molecule has 0 saturated heterocycles. The molecule has 0 spiro atoms. The predicted octanol–water partition coefficient (Wildman–Crippen LogP) is 4.57. The molecule has 2 aromatic carbocycles. The van der Waals surface area contributed by atoms with Crippen LogP contribution in [0.15, 0.2) is 51.4 Å². The number of carbonyl (C=O) groups excluding carboxylic acids is 1. The maximum absolute atomic E-state index is 11.9. The Kier molecular flexibility index (Phi) is 5.20. The molecule has 20 heavy (non-hydrogen) atoms. The molecule has 0 aliphatic carbocycles. The number of nitrogens with one attached hydrogen (secondary N) is 2. The van der Waals surface area contributed by atoms with Crippen molar-refractivity contribution >= 4 is 49.1 Å². The van der Waals surface area contributed by atoms with Crippen molar-refractivity contribution in [3.63, 3.8) is 0 Å². The number of carbonyl (C=O) groups is 1. The molecule has 0 aromatic heterocycles. The zero-order valence-electron chi connectivity index (χ0n) is 10.9. The van der Waals surface area contributed by atoms with Crippen LogP contribution in [-0.4, -0.2) is 12.5 Å². The molecular weight excluding hydrogens is 384 g/mol. The molecule has 0 aliphatic rings. The molecule has 0 heterocycles. The van der Waals surface area contributed by atoms with E-state index in [2.05, 4.69) is 42.5 Å². The number of amides is 1. The Morgan fingerprint density at radius 2 is 1.85 bits per heavy atom. The minimum atomic E-state index is -0.0783. The minimum Gasteiger partial charge on any atom is -0.376 e. The summed E-state index contributed by atoms with van der Waals surface area (Å²) in [6.45, 7) is 2.23. The third-order valence-corrected chi connectivity index (χ3v) is 3.72. The van der Waals surface area contributed by atoms with Crippen molar-refractivity contribution in [1.29, 1.82) is 0 Å². The number of rotatable bonds is 4. The molecule has 2 rings (SSSR count). The van der Waals surface area contributed by atoms with E-state index < -0.39 is 0 Å². The molecule has 0 saturated carbocycles. The molecule has 104 valence electrons. The number of halogens is 2. The fourth-order valence-corrected chi connectivity index (χ4v) is 2.65. The molecule has 0 bridgehead atoms. The van der Waals surface area contributed by atoms with Crippen LogP contribution in [0.2, 0.25) is 0 Å². The molecule has 0 fully saturated rings. The Labute approximate surface area is 135 Å². The van der Waals surface area contributed by atoms with Gasteiger partial charge in [-0.05, 0) is 48.9 Å². The van der Waals surface area contributed by atoms with E-state index in [0.717, 1.165) is 25.9 Å². The minimum absolute atomic E-state index is 0.0783. The summed E-state index contributed by atoms with van der Waals surface area (Å²) in [6.07, 6.45) is 0. The third-order valence-electron chi connectivity index (χ3n) is 2.74. The quantitative estimate of drug-likeness (QED) is 0.793. The lowest BCUT2D eigenvalue weighted by Gasteiger charge is -2.10. The van der Waals surface area contributed by atoms with E-state index in [-0.39, 0.29) is 12.5 Å². The van der Waals surface area contributed by atoms with Gasteiger partial charge in [0.25, 0.3) is 0 Å². The van der Waals surface area contributed by atoms with Crippen molar-refractivity contribution in [1.82, 2.24) is 0 Å². The average molecular weight is 398 g/mol. The Morgan fingerprint density at radius 3 is 2.55 bits per heavy atom. The van der Waals surface area contributed by atoms with Gasteiger partial charge >= 0.3 is 0 Å². The van der Waals surface area contributed by atoms with E-state index >= 15 is 0 Å². The SMILES string of the molecule is Cc1cc(Br)ccc1NCC(=O)Nc1cccc(Br)c1. The summed E-state index contributed by atoms with van der Waals surface area (Å²) in [6, 6.07) is 13.4. The van der Waals surface area contributed by atoms with E-state index in [1.54, 1.807) is 0 Å². The molecule has 0 atom stereocenters. The highest BCUT2D eigenvalue weighted by Gasteiger charge is 2.04. The highest BCUT2D eigenvalue weighted by Crippen LogP contribution is 2.20. The topological polar surface area (TPSA) is 41.1 Å². The fraction of sp³-hybridized carbons (Fsp3) is 0.133. The van der Waals surface area contributed by atoms with Gasteiger partial charge in [0, 0.05) is 20.3 Å². The first-order valence-electron chi connectivity index (χ1n) is 6.10. The molecule has 0 aliphatic heterocycles. The van der Waals surface area contributed by atoms with Crippen molar-refractivity contribution in [2.45, 2.75) is 6.92 Å². The Hall–Kier alpha value is -1.33.